The predicted octanol–water partition coefficient (Wildman–Crippen LogP) is 6.05. The molecule has 0 atom stereocenters. The van der Waals surface area contributed by atoms with Gasteiger partial charge >= 0.3 is 0 Å². The van der Waals surface area contributed by atoms with Gasteiger partial charge in [-0.1, -0.05) is 40.9 Å². The highest BCUT2D eigenvalue weighted by molar-refractivity contribution is 7.92. The molecule has 0 saturated carbocycles. The lowest BCUT2D eigenvalue weighted by Gasteiger charge is -2.23. The number of sulfonamides is 1. The molecule has 4 rings (SSSR count). The Kier molecular flexibility index (Phi) is 7.97. The Hall–Kier alpha value is -3.66. The average Bonchev–Trinajstić information content (AvgIpc) is 3.32. The van der Waals surface area contributed by atoms with Crippen LogP contribution in [0.4, 0.5) is 10.1 Å². The first kappa shape index (κ1) is 26.4. The van der Waals surface area contributed by atoms with Crippen LogP contribution in [-0.4, -0.2) is 27.1 Å². The third kappa shape index (κ3) is 6.37. The number of rotatable bonds is 8. The minimum absolute atomic E-state index is 0.158. The van der Waals surface area contributed by atoms with Crippen LogP contribution in [0.3, 0.4) is 0 Å². The standard InChI is InChI=1S/C26H20Cl2FN3O4S/c1-17-2-7-20(8-3-17)32(37(34,35)22-10-5-19(29)6-11-22)16-26(33)31-30-15-21-9-13-25(36-21)23-12-4-18(27)14-24(23)28/h2-15H,16H2,1H3,(H,31,33). The fourth-order valence-electron chi connectivity index (χ4n) is 3.35. The zero-order valence-corrected chi connectivity index (χ0v) is 21.7. The average molecular weight is 560 g/mol. The lowest BCUT2D eigenvalue weighted by atomic mass is 10.2. The molecule has 7 nitrogen and oxygen atoms in total. The molecule has 1 aromatic heterocycles. The molecule has 0 bridgehead atoms. The van der Waals surface area contributed by atoms with Crippen LogP contribution < -0.4 is 9.73 Å². The van der Waals surface area contributed by atoms with Gasteiger partial charge in [-0.3, -0.25) is 9.10 Å². The van der Waals surface area contributed by atoms with Gasteiger partial charge in [0.2, 0.25) is 0 Å². The summed E-state index contributed by atoms with van der Waals surface area (Å²) >= 11 is 12.1. The number of anilines is 1. The van der Waals surface area contributed by atoms with Gasteiger partial charge in [0.05, 0.1) is 21.8 Å². The maximum absolute atomic E-state index is 13.4. The van der Waals surface area contributed by atoms with E-state index in [1.807, 2.05) is 6.92 Å². The number of hydrogen-bond donors (Lipinski definition) is 1. The summed E-state index contributed by atoms with van der Waals surface area (Å²) in [5.41, 5.74) is 4.12. The molecule has 1 heterocycles. The molecule has 4 aromatic rings. The van der Waals surface area contributed by atoms with Gasteiger partial charge in [0.15, 0.2) is 0 Å². The molecule has 0 aliphatic heterocycles. The van der Waals surface area contributed by atoms with Gasteiger partial charge in [-0.05, 0) is 73.7 Å². The quantitative estimate of drug-likeness (QED) is 0.210. The third-order valence-corrected chi connectivity index (χ3v) is 7.55. The van der Waals surface area contributed by atoms with Crippen molar-refractivity contribution < 1.29 is 22.0 Å². The van der Waals surface area contributed by atoms with E-state index in [9.17, 15) is 17.6 Å². The summed E-state index contributed by atoms with van der Waals surface area (Å²) in [4.78, 5) is 12.5. The summed E-state index contributed by atoms with van der Waals surface area (Å²) in [6.45, 7) is 1.29. The minimum Gasteiger partial charge on any atom is -0.455 e. The highest BCUT2D eigenvalue weighted by Gasteiger charge is 2.27. The van der Waals surface area contributed by atoms with E-state index in [0.29, 0.717) is 27.1 Å². The fraction of sp³-hybridized carbons (Fsp3) is 0.0769. The predicted molar refractivity (Wildman–Crippen MR) is 142 cm³/mol. The van der Waals surface area contributed by atoms with E-state index in [0.717, 1.165) is 34.1 Å². The Balaban J connectivity index is 1.50. The normalized spacial score (nSPS) is 11.6. The van der Waals surface area contributed by atoms with Crippen LogP contribution in [0.2, 0.25) is 10.0 Å². The SMILES string of the molecule is Cc1ccc(N(CC(=O)NN=Cc2ccc(-c3ccc(Cl)cc3Cl)o2)S(=O)(=O)c2ccc(F)cc2)cc1. The number of hydrogen-bond acceptors (Lipinski definition) is 5. The molecule has 0 saturated heterocycles. The van der Waals surface area contributed by atoms with Crippen molar-refractivity contribution in [3.05, 3.63) is 106 Å². The summed E-state index contributed by atoms with van der Waals surface area (Å²) in [6, 6.07) is 19.3. The number of nitrogens with one attached hydrogen (secondary N) is 1. The maximum atomic E-state index is 13.4. The Morgan fingerprint density at radius 2 is 1.73 bits per heavy atom. The highest BCUT2D eigenvalue weighted by Crippen LogP contribution is 2.31. The molecular formula is C26H20Cl2FN3O4S. The van der Waals surface area contributed by atoms with Gasteiger partial charge in [0, 0.05) is 10.6 Å². The van der Waals surface area contributed by atoms with E-state index < -0.39 is 28.3 Å². The number of aryl methyl sites for hydroxylation is 1. The number of hydrazone groups is 1. The molecule has 1 N–H and O–H groups in total. The Labute approximate surface area is 223 Å². The molecule has 11 heteroatoms. The first-order valence-corrected chi connectivity index (χ1v) is 13.1. The maximum Gasteiger partial charge on any atom is 0.264 e. The van der Waals surface area contributed by atoms with E-state index in [1.165, 1.54) is 6.21 Å². The van der Waals surface area contributed by atoms with Crippen LogP contribution in [0.1, 0.15) is 11.3 Å². The lowest BCUT2D eigenvalue weighted by molar-refractivity contribution is -0.119. The van der Waals surface area contributed by atoms with E-state index in [4.69, 9.17) is 27.6 Å². The van der Waals surface area contributed by atoms with Crippen molar-refractivity contribution in [2.24, 2.45) is 5.10 Å². The number of amides is 1. The number of benzene rings is 3. The second-order valence-corrected chi connectivity index (χ2v) is 10.6. The molecule has 1 amide bonds. The molecule has 0 aliphatic rings. The zero-order valence-electron chi connectivity index (χ0n) is 19.4. The monoisotopic (exact) mass is 559 g/mol. The van der Waals surface area contributed by atoms with Gasteiger partial charge in [-0.2, -0.15) is 5.10 Å². The first-order chi connectivity index (χ1) is 17.6. The summed E-state index contributed by atoms with van der Waals surface area (Å²) in [5, 5.41) is 4.77. The summed E-state index contributed by atoms with van der Waals surface area (Å²) in [6.07, 6.45) is 1.27. The van der Waals surface area contributed by atoms with Crippen LogP contribution in [0.15, 0.2) is 93.3 Å². The van der Waals surface area contributed by atoms with Crippen molar-refractivity contribution in [2.75, 3.05) is 10.8 Å². The van der Waals surface area contributed by atoms with Gasteiger partial charge < -0.3 is 4.42 Å². The molecule has 3 aromatic carbocycles. The van der Waals surface area contributed by atoms with Gasteiger partial charge in [-0.15, -0.1) is 0 Å². The van der Waals surface area contributed by atoms with E-state index in [-0.39, 0.29) is 10.6 Å². The number of nitrogens with zero attached hydrogens (tertiary/aromatic N) is 2. The summed E-state index contributed by atoms with van der Waals surface area (Å²) < 4.78 is 46.6. The molecule has 0 fully saturated rings. The Bertz CT molecular complexity index is 1550. The smallest absolute Gasteiger partial charge is 0.264 e. The molecule has 190 valence electrons. The largest absolute Gasteiger partial charge is 0.455 e. The zero-order chi connectivity index (χ0) is 26.6. The van der Waals surface area contributed by atoms with Crippen molar-refractivity contribution in [2.45, 2.75) is 11.8 Å². The second kappa shape index (κ2) is 11.2. The molecule has 37 heavy (non-hydrogen) atoms. The van der Waals surface area contributed by atoms with Crippen molar-refractivity contribution in [1.82, 2.24) is 5.43 Å². The molecule has 0 spiro atoms. The van der Waals surface area contributed by atoms with Crippen molar-refractivity contribution in [3.8, 4) is 11.3 Å². The van der Waals surface area contributed by atoms with Crippen LogP contribution in [0.25, 0.3) is 11.3 Å². The van der Waals surface area contributed by atoms with Crippen molar-refractivity contribution in [1.29, 1.82) is 0 Å². The van der Waals surface area contributed by atoms with Gasteiger partial charge in [0.25, 0.3) is 15.9 Å². The molecular weight excluding hydrogens is 540 g/mol. The molecule has 0 aliphatic carbocycles. The van der Waals surface area contributed by atoms with Gasteiger partial charge in [-0.25, -0.2) is 18.2 Å². The lowest BCUT2D eigenvalue weighted by Crippen LogP contribution is -2.39. The van der Waals surface area contributed by atoms with Crippen molar-refractivity contribution >= 4 is 51.0 Å². The molecule has 0 unspecified atom stereocenters. The minimum atomic E-state index is -4.18. The Morgan fingerprint density at radius 1 is 1.03 bits per heavy atom. The van der Waals surface area contributed by atoms with E-state index in [1.54, 1.807) is 54.6 Å². The number of carbonyl (C=O) groups is 1. The van der Waals surface area contributed by atoms with Crippen LogP contribution in [0, 0.1) is 12.7 Å². The Morgan fingerprint density at radius 3 is 2.41 bits per heavy atom. The highest BCUT2D eigenvalue weighted by atomic mass is 35.5. The number of furan rings is 1. The first-order valence-electron chi connectivity index (χ1n) is 10.9. The third-order valence-electron chi connectivity index (χ3n) is 5.22. The van der Waals surface area contributed by atoms with Crippen LogP contribution in [-0.2, 0) is 14.8 Å². The summed E-state index contributed by atoms with van der Waals surface area (Å²) in [5.74, 6) is -0.469. The fourth-order valence-corrected chi connectivity index (χ4v) is 5.27. The number of carbonyl (C=O) groups excluding carboxylic acids is 1. The van der Waals surface area contributed by atoms with Crippen LogP contribution >= 0.6 is 23.2 Å². The second-order valence-electron chi connectivity index (χ2n) is 7.92. The van der Waals surface area contributed by atoms with Gasteiger partial charge in [0.1, 0.15) is 23.9 Å². The summed E-state index contributed by atoms with van der Waals surface area (Å²) in [7, 11) is -4.18. The number of halogens is 3. The van der Waals surface area contributed by atoms with E-state index in [2.05, 4.69) is 10.5 Å². The van der Waals surface area contributed by atoms with Crippen molar-refractivity contribution in [3.63, 3.8) is 0 Å². The van der Waals surface area contributed by atoms with E-state index >= 15 is 0 Å². The topological polar surface area (TPSA) is 92.0 Å². The molecule has 0 radical (unpaired) electrons. The van der Waals surface area contributed by atoms with Crippen LogP contribution in [0.5, 0.6) is 0 Å².